The van der Waals surface area contributed by atoms with Crippen LogP contribution >= 0.6 is 11.8 Å². The van der Waals surface area contributed by atoms with E-state index < -0.39 is 0 Å². The lowest BCUT2D eigenvalue weighted by Crippen LogP contribution is -2.26. The minimum atomic E-state index is 0.676. The normalized spacial score (nSPS) is 17.9. The summed E-state index contributed by atoms with van der Waals surface area (Å²) in [7, 11) is 2.19. The molecule has 0 fully saturated rings. The summed E-state index contributed by atoms with van der Waals surface area (Å²) in [5.41, 5.74) is 2.80. The van der Waals surface area contributed by atoms with E-state index in [0.717, 1.165) is 18.8 Å². The molecule has 1 unspecified atom stereocenters. The quantitative estimate of drug-likeness (QED) is 0.844. The molecule has 19 heavy (non-hydrogen) atoms. The maximum atomic E-state index is 5.35. The zero-order valence-corrected chi connectivity index (χ0v) is 12.2. The number of fused-ring (bicyclic) bond motifs is 1. The van der Waals surface area contributed by atoms with Gasteiger partial charge in [-0.1, -0.05) is 18.2 Å². The van der Waals surface area contributed by atoms with Crippen molar-refractivity contribution in [1.82, 2.24) is 4.90 Å². The van der Waals surface area contributed by atoms with Crippen molar-refractivity contribution in [1.29, 1.82) is 0 Å². The van der Waals surface area contributed by atoms with Crippen molar-refractivity contribution in [2.75, 3.05) is 13.6 Å². The Bertz CT molecular complexity index is 538. The molecule has 1 aromatic heterocycles. The van der Waals surface area contributed by atoms with Crippen LogP contribution in [0.25, 0.3) is 0 Å². The summed E-state index contributed by atoms with van der Waals surface area (Å²) in [5, 5.41) is 0.676. The number of furan rings is 1. The van der Waals surface area contributed by atoms with Crippen molar-refractivity contribution < 1.29 is 4.42 Å². The number of thioether (sulfide) groups is 1. The smallest absolute Gasteiger partial charge is 0.105 e. The first-order valence-corrected chi connectivity index (χ1v) is 7.56. The maximum Gasteiger partial charge on any atom is 0.105 e. The number of nitrogens with zero attached hydrogens (tertiary/aromatic N) is 1. The van der Waals surface area contributed by atoms with E-state index in [1.165, 1.54) is 22.4 Å². The first-order valence-electron chi connectivity index (χ1n) is 6.68. The standard InChI is InChI=1S/C16H19NOS/c1-12-14(7-8-18-12)10-17(2)11-15-9-13-5-3-4-6-16(13)19-15/h3-8,15H,9-11H2,1-2H3. The van der Waals surface area contributed by atoms with Gasteiger partial charge in [-0.25, -0.2) is 0 Å². The number of hydrogen-bond acceptors (Lipinski definition) is 3. The van der Waals surface area contributed by atoms with Crippen molar-refractivity contribution in [3.8, 4) is 0 Å². The largest absolute Gasteiger partial charge is 0.469 e. The fourth-order valence-corrected chi connectivity index (χ4v) is 4.04. The lowest BCUT2D eigenvalue weighted by molar-refractivity contribution is 0.325. The Kier molecular flexibility index (Phi) is 3.67. The maximum absolute atomic E-state index is 5.35. The SMILES string of the molecule is Cc1occc1CN(C)CC1Cc2ccccc2S1. The predicted octanol–water partition coefficient (Wildman–Crippen LogP) is 3.74. The predicted molar refractivity (Wildman–Crippen MR) is 79.6 cm³/mol. The van der Waals surface area contributed by atoms with Crippen LogP contribution in [0.4, 0.5) is 0 Å². The number of hydrogen-bond donors (Lipinski definition) is 0. The van der Waals surface area contributed by atoms with Gasteiger partial charge >= 0.3 is 0 Å². The summed E-state index contributed by atoms with van der Waals surface area (Å²) >= 11 is 2.02. The Morgan fingerprint density at radius 3 is 2.89 bits per heavy atom. The van der Waals surface area contributed by atoms with Crippen molar-refractivity contribution >= 4 is 11.8 Å². The van der Waals surface area contributed by atoms with Crippen LogP contribution in [0.5, 0.6) is 0 Å². The Hall–Kier alpha value is -1.19. The molecular formula is C16H19NOS. The average molecular weight is 273 g/mol. The number of aryl methyl sites for hydroxylation is 1. The molecule has 3 heteroatoms. The Morgan fingerprint density at radius 2 is 2.16 bits per heavy atom. The molecule has 2 nitrogen and oxygen atoms in total. The molecule has 1 atom stereocenters. The van der Waals surface area contributed by atoms with E-state index in [1.807, 2.05) is 18.7 Å². The molecular weight excluding hydrogens is 254 g/mol. The second kappa shape index (κ2) is 5.43. The van der Waals surface area contributed by atoms with Gasteiger partial charge < -0.3 is 9.32 Å². The van der Waals surface area contributed by atoms with Gasteiger partial charge in [0, 0.05) is 28.8 Å². The molecule has 0 N–H and O–H groups in total. The molecule has 100 valence electrons. The van der Waals surface area contributed by atoms with E-state index in [4.69, 9.17) is 4.42 Å². The molecule has 0 bridgehead atoms. The third kappa shape index (κ3) is 2.88. The van der Waals surface area contributed by atoms with Crippen LogP contribution in [0.15, 0.2) is 45.9 Å². The van der Waals surface area contributed by atoms with Crippen LogP contribution in [0.3, 0.4) is 0 Å². The lowest BCUT2D eigenvalue weighted by atomic mass is 10.1. The number of benzene rings is 1. The van der Waals surface area contributed by atoms with Gasteiger partial charge in [-0.2, -0.15) is 0 Å². The molecule has 0 saturated heterocycles. The third-order valence-electron chi connectivity index (χ3n) is 3.64. The van der Waals surface area contributed by atoms with Gasteiger partial charge in [0.05, 0.1) is 6.26 Å². The summed E-state index contributed by atoms with van der Waals surface area (Å²) in [6.45, 7) is 4.11. The van der Waals surface area contributed by atoms with Gasteiger partial charge in [0.15, 0.2) is 0 Å². The third-order valence-corrected chi connectivity index (χ3v) is 4.94. The van der Waals surface area contributed by atoms with Gasteiger partial charge in [-0.15, -0.1) is 11.8 Å². The molecule has 3 rings (SSSR count). The van der Waals surface area contributed by atoms with Crippen LogP contribution in [-0.4, -0.2) is 23.7 Å². The van der Waals surface area contributed by atoms with E-state index in [2.05, 4.69) is 42.3 Å². The lowest BCUT2D eigenvalue weighted by Gasteiger charge is -2.19. The fourth-order valence-electron chi connectivity index (χ4n) is 2.63. The van der Waals surface area contributed by atoms with Crippen LogP contribution in [0, 0.1) is 6.92 Å². The van der Waals surface area contributed by atoms with E-state index in [0.29, 0.717) is 5.25 Å². The summed E-state index contributed by atoms with van der Waals surface area (Å²) in [6.07, 6.45) is 2.97. The van der Waals surface area contributed by atoms with Gasteiger partial charge in [0.1, 0.15) is 5.76 Å². The van der Waals surface area contributed by atoms with Crippen LogP contribution < -0.4 is 0 Å². The molecule has 1 aromatic carbocycles. The van der Waals surface area contributed by atoms with Crippen molar-refractivity contribution in [2.45, 2.75) is 30.0 Å². The highest BCUT2D eigenvalue weighted by molar-refractivity contribution is 8.00. The molecule has 0 radical (unpaired) electrons. The summed E-state index contributed by atoms with van der Waals surface area (Å²) < 4.78 is 5.35. The van der Waals surface area contributed by atoms with E-state index in [-0.39, 0.29) is 0 Å². The van der Waals surface area contributed by atoms with E-state index in [1.54, 1.807) is 6.26 Å². The van der Waals surface area contributed by atoms with Crippen LogP contribution in [-0.2, 0) is 13.0 Å². The molecule has 2 aromatic rings. The monoisotopic (exact) mass is 273 g/mol. The summed E-state index contributed by atoms with van der Waals surface area (Å²) in [6, 6.07) is 10.8. The highest BCUT2D eigenvalue weighted by Crippen LogP contribution is 2.37. The first kappa shape index (κ1) is 12.8. The number of rotatable bonds is 4. The van der Waals surface area contributed by atoms with Crippen LogP contribution in [0.1, 0.15) is 16.9 Å². The molecule has 0 saturated carbocycles. The Labute approximate surface area is 118 Å². The Balaban J connectivity index is 1.57. The summed E-state index contributed by atoms with van der Waals surface area (Å²) in [5.74, 6) is 1.04. The second-order valence-corrected chi connectivity index (χ2v) is 6.59. The van der Waals surface area contributed by atoms with E-state index >= 15 is 0 Å². The van der Waals surface area contributed by atoms with Crippen molar-refractivity contribution in [2.24, 2.45) is 0 Å². The van der Waals surface area contributed by atoms with Gasteiger partial charge in [0.25, 0.3) is 0 Å². The zero-order valence-electron chi connectivity index (χ0n) is 11.4. The van der Waals surface area contributed by atoms with Crippen molar-refractivity contribution in [3.05, 3.63) is 53.5 Å². The fraction of sp³-hybridized carbons (Fsp3) is 0.375. The first-order chi connectivity index (χ1) is 9.22. The highest BCUT2D eigenvalue weighted by atomic mass is 32.2. The van der Waals surface area contributed by atoms with Gasteiger partial charge in [-0.05, 0) is 38.1 Å². The van der Waals surface area contributed by atoms with Crippen LogP contribution in [0.2, 0.25) is 0 Å². The second-order valence-electron chi connectivity index (χ2n) is 5.25. The molecule has 0 spiro atoms. The average Bonchev–Trinajstić information content (AvgIpc) is 2.95. The Morgan fingerprint density at radius 1 is 1.32 bits per heavy atom. The minimum Gasteiger partial charge on any atom is -0.469 e. The topological polar surface area (TPSA) is 16.4 Å². The molecule has 1 aliphatic heterocycles. The minimum absolute atomic E-state index is 0.676. The van der Waals surface area contributed by atoms with E-state index in [9.17, 15) is 0 Å². The van der Waals surface area contributed by atoms with Gasteiger partial charge in [0.2, 0.25) is 0 Å². The molecule has 0 amide bonds. The van der Waals surface area contributed by atoms with Gasteiger partial charge in [-0.3, -0.25) is 0 Å². The van der Waals surface area contributed by atoms with Crippen molar-refractivity contribution in [3.63, 3.8) is 0 Å². The highest BCUT2D eigenvalue weighted by Gasteiger charge is 2.23. The zero-order chi connectivity index (χ0) is 13.2. The molecule has 1 aliphatic rings. The molecule has 2 heterocycles. The molecule has 0 aliphatic carbocycles. The summed E-state index contributed by atoms with van der Waals surface area (Å²) in [4.78, 5) is 3.85.